The van der Waals surface area contributed by atoms with E-state index in [-0.39, 0.29) is 5.78 Å². The van der Waals surface area contributed by atoms with Crippen molar-refractivity contribution in [2.75, 3.05) is 7.11 Å². The fourth-order valence-corrected chi connectivity index (χ4v) is 2.19. The molecule has 0 aliphatic rings. The zero-order valence-electron chi connectivity index (χ0n) is 11.2. The van der Waals surface area contributed by atoms with Crippen LogP contribution in [-0.2, 0) is 16.0 Å². The van der Waals surface area contributed by atoms with Crippen LogP contribution in [0.25, 0.3) is 0 Å². The first kappa shape index (κ1) is 13.9. The molecule has 0 heterocycles. The van der Waals surface area contributed by atoms with E-state index in [1.165, 1.54) is 0 Å². The van der Waals surface area contributed by atoms with E-state index in [2.05, 4.69) is 0 Å². The Morgan fingerprint density at radius 1 is 1.24 bits per heavy atom. The second kappa shape index (κ2) is 5.97. The maximum atomic E-state index is 12.4. The highest BCUT2D eigenvalue weighted by atomic mass is 16.5. The van der Waals surface area contributed by atoms with E-state index in [4.69, 9.17) is 4.74 Å². The van der Waals surface area contributed by atoms with E-state index in [9.17, 15) is 4.79 Å². The van der Waals surface area contributed by atoms with Crippen LogP contribution in [-0.4, -0.2) is 18.5 Å². The molecule has 0 aliphatic carbocycles. The van der Waals surface area contributed by atoms with Crippen LogP contribution in [0.2, 0.25) is 0 Å². The van der Waals surface area contributed by atoms with Gasteiger partial charge in [-0.15, -0.1) is 0 Å². The Morgan fingerprint density at radius 3 is 2.29 bits per heavy atom. The Labute approximate surface area is 104 Å². The number of ether oxygens (including phenoxy) is 1. The first-order valence-corrected chi connectivity index (χ1v) is 6.22. The lowest BCUT2D eigenvalue weighted by Gasteiger charge is -2.28. The van der Waals surface area contributed by atoms with Crippen molar-refractivity contribution in [2.24, 2.45) is 0 Å². The molecule has 0 unspecified atom stereocenters. The number of Topliss-reactive ketones (excluding diaryl/α,β-unsaturated/α-hetero) is 1. The third kappa shape index (κ3) is 2.95. The zero-order chi connectivity index (χ0) is 12.9. The summed E-state index contributed by atoms with van der Waals surface area (Å²) in [4.78, 5) is 12.4. The van der Waals surface area contributed by atoms with Crippen LogP contribution >= 0.6 is 0 Å². The van der Waals surface area contributed by atoms with E-state index in [1.54, 1.807) is 7.11 Å². The van der Waals surface area contributed by atoms with Crippen LogP contribution in [0.1, 0.15) is 37.8 Å². The van der Waals surface area contributed by atoms with Crippen LogP contribution < -0.4 is 0 Å². The van der Waals surface area contributed by atoms with Gasteiger partial charge in [-0.2, -0.15) is 0 Å². The summed E-state index contributed by atoms with van der Waals surface area (Å²) in [7, 11) is 1.63. The lowest BCUT2D eigenvalue weighted by atomic mass is 9.87. The van der Waals surface area contributed by atoms with Gasteiger partial charge in [-0.1, -0.05) is 38.1 Å². The van der Waals surface area contributed by atoms with E-state index < -0.39 is 5.60 Å². The minimum atomic E-state index is -0.609. The zero-order valence-corrected chi connectivity index (χ0v) is 11.2. The van der Waals surface area contributed by atoms with Gasteiger partial charge in [0.15, 0.2) is 5.78 Å². The maximum absolute atomic E-state index is 12.4. The summed E-state index contributed by atoms with van der Waals surface area (Å²) < 4.78 is 5.46. The SMILES string of the molecule is CCC(CC)(OC)C(=O)Cc1ccccc1C. The van der Waals surface area contributed by atoms with Crippen LogP contribution in [0.4, 0.5) is 0 Å². The summed E-state index contributed by atoms with van der Waals surface area (Å²) in [5.74, 6) is 0.180. The molecule has 0 aliphatic heterocycles. The van der Waals surface area contributed by atoms with Crippen molar-refractivity contribution in [1.29, 1.82) is 0 Å². The second-order valence-corrected chi connectivity index (χ2v) is 4.43. The van der Waals surface area contributed by atoms with Gasteiger partial charge in [0.05, 0.1) is 0 Å². The van der Waals surface area contributed by atoms with Gasteiger partial charge in [-0.05, 0) is 30.9 Å². The largest absolute Gasteiger partial charge is 0.370 e. The Hall–Kier alpha value is -1.15. The first-order valence-electron chi connectivity index (χ1n) is 6.22. The normalized spacial score (nSPS) is 11.5. The molecule has 0 aromatic heterocycles. The lowest BCUT2D eigenvalue weighted by molar-refractivity contribution is -0.141. The Balaban J connectivity index is 2.88. The number of hydrogen-bond acceptors (Lipinski definition) is 2. The van der Waals surface area contributed by atoms with Crippen molar-refractivity contribution >= 4 is 5.78 Å². The molecule has 2 heteroatoms. The van der Waals surface area contributed by atoms with E-state index in [1.807, 2.05) is 45.0 Å². The molecule has 1 rings (SSSR count). The average Bonchev–Trinajstić information content (AvgIpc) is 2.35. The first-order chi connectivity index (χ1) is 8.09. The summed E-state index contributed by atoms with van der Waals surface area (Å²) in [6, 6.07) is 8.02. The Morgan fingerprint density at radius 2 is 1.82 bits per heavy atom. The van der Waals surface area contributed by atoms with Gasteiger partial charge in [0.25, 0.3) is 0 Å². The molecule has 0 saturated heterocycles. The summed E-state index contributed by atoms with van der Waals surface area (Å²) in [6.07, 6.45) is 1.91. The second-order valence-electron chi connectivity index (χ2n) is 4.43. The number of aryl methyl sites for hydroxylation is 1. The molecule has 0 N–H and O–H groups in total. The van der Waals surface area contributed by atoms with Gasteiger partial charge >= 0.3 is 0 Å². The summed E-state index contributed by atoms with van der Waals surface area (Å²) >= 11 is 0. The molecular weight excluding hydrogens is 212 g/mol. The predicted molar refractivity (Wildman–Crippen MR) is 70.2 cm³/mol. The highest BCUT2D eigenvalue weighted by Gasteiger charge is 2.34. The van der Waals surface area contributed by atoms with Crippen LogP contribution in [0.5, 0.6) is 0 Å². The lowest BCUT2D eigenvalue weighted by Crippen LogP contribution is -2.40. The molecule has 94 valence electrons. The van der Waals surface area contributed by atoms with Crippen molar-refractivity contribution in [2.45, 2.75) is 45.6 Å². The third-order valence-corrected chi connectivity index (χ3v) is 3.65. The average molecular weight is 234 g/mol. The fraction of sp³-hybridized carbons (Fsp3) is 0.533. The van der Waals surface area contributed by atoms with Gasteiger partial charge in [-0.25, -0.2) is 0 Å². The number of ketones is 1. The number of rotatable bonds is 6. The Bertz CT molecular complexity index is 370. The van der Waals surface area contributed by atoms with E-state index >= 15 is 0 Å². The molecule has 0 bridgehead atoms. The van der Waals surface area contributed by atoms with Crippen molar-refractivity contribution in [3.8, 4) is 0 Å². The van der Waals surface area contributed by atoms with Crippen molar-refractivity contribution in [3.63, 3.8) is 0 Å². The highest BCUT2D eigenvalue weighted by Crippen LogP contribution is 2.23. The topological polar surface area (TPSA) is 26.3 Å². The number of hydrogen-bond donors (Lipinski definition) is 0. The van der Waals surface area contributed by atoms with Gasteiger partial charge in [-0.3, -0.25) is 4.79 Å². The molecule has 0 saturated carbocycles. The number of carbonyl (C=O) groups excluding carboxylic acids is 1. The summed E-state index contributed by atoms with van der Waals surface area (Å²) in [6.45, 7) is 6.04. The number of methoxy groups -OCH3 is 1. The molecular formula is C15H22O2. The van der Waals surface area contributed by atoms with Crippen molar-refractivity contribution < 1.29 is 9.53 Å². The van der Waals surface area contributed by atoms with Crippen LogP contribution in [0.3, 0.4) is 0 Å². The van der Waals surface area contributed by atoms with E-state index in [0.29, 0.717) is 6.42 Å². The minimum absolute atomic E-state index is 0.180. The van der Waals surface area contributed by atoms with Gasteiger partial charge in [0, 0.05) is 13.5 Å². The van der Waals surface area contributed by atoms with Crippen molar-refractivity contribution in [3.05, 3.63) is 35.4 Å². The van der Waals surface area contributed by atoms with Gasteiger partial charge < -0.3 is 4.74 Å². The fourth-order valence-electron chi connectivity index (χ4n) is 2.19. The number of carbonyl (C=O) groups is 1. The molecule has 0 fully saturated rings. The monoisotopic (exact) mass is 234 g/mol. The molecule has 0 amide bonds. The summed E-state index contributed by atoms with van der Waals surface area (Å²) in [5.41, 5.74) is 1.65. The van der Waals surface area contributed by atoms with Crippen LogP contribution in [0.15, 0.2) is 24.3 Å². The summed E-state index contributed by atoms with van der Waals surface area (Å²) in [5, 5.41) is 0. The molecule has 17 heavy (non-hydrogen) atoms. The number of benzene rings is 1. The third-order valence-electron chi connectivity index (χ3n) is 3.65. The quantitative estimate of drug-likeness (QED) is 0.754. The highest BCUT2D eigenvalue weighted by molar-refractivity contribution is 5.89. The standard InChI is InChI=1S/C15H22O2/c1-5-15(6-2,17-4)14(16)11-13-10-8-7-9-12(13)3/h7-10H,5-6,11H2,1-4H3. The Kier molecular flexibility index (Phi) is 4.88. The van der Waals surface area contributed by atoms with E-state index in [0.717, 1.165) is 24.0 Å². The molecule has 0 spiro atoms. The predicted octanol–water partition coefficient (Wildman–Crippen LogP) is 3.31. The van der Waals surface area contributed by atoms with Gasteiger partial charge in [0.2, 0.25) is 0 Å². The molecule has 1 aromatic rings. The van der Waals surface area contributed by atoms with Gasteiger partial charge in [0.1, 0.15) is 5.60 Å². The molecule has 2 nitrogen and oxygen atoms in total. The smallest absolute Gasteiger partial charge is 0.168 e. The molecule has 0 atom stereocenters. The minimum Gasteiger partial charge on any atom is -0.370 e. The van der Waals surface area contributed by atoms with Crippen molar-refractivity contribution in [1.82, 2.24) is 0 Å². The molecule has 0 radical (unpaired) electrons. The van der Waals surface area contributed by atoms with Crippen LogP contribution in [0, 0.1) is 6.92 Å². The maximum Gasteiger partial charge on any atom is 0.168 e. The molecule has 1 aromatic carbocycles.